The normalized spacial score (nSPS) is 17.0. The van der Waals surface area contributed by atoms with E-state index in [0.29, 0.717) is 25.5 Å². The van der Waals surface area contributed by atoms with Crippen LogP contribution in [0.5, 0.6) is 0 Å². The Balaban J connectivity index is 1.54. The topological polar surface area (TPSA) is 135 Å². The van der Waals surface area contributed by atoms with Gasteiger partial charge in [0.25, 0.3) is 5.91 Å². The number of hydrogen-bond acceptors (Lipinski definition) is 7. The summed E-state index contributed by atoms with van der Waals surface area (Å²) in [6.07, 6.45) is 7.69. The number of hydrogen-bond donors (Lipinski definition) is 2. The molecule has 3 aromatic rings. The SMILES string of the molecule is CC(C)C[C@H](CC(=O)[C@@H](Cc1cccc2ccccc12)NC(=O)c1cnccn1)C(=O)N[C@H](C=O)C[C@@H]1CCCC1=O. The Morgan fingerprint density at radius 1 is 1.05 bits per heavy atom. The molecule has 0 saturated heterocycles. The first-order valence-corrected chi connectivity index (χ1v) is 14.6. The van der Waals surface area contributed by atoms with Gasteiger partial charge in [-0.3, -0.25) is 24.2 Å². The Hall–Kier alpha value is -4.27. The first-order chi connectivity index (χ1) is 20.2. The lowest BCUT2D eigenvalue weighted by Gasteiger charge is -2.24. The van der Waals surface area contributed by atoms with Gasteiger partial charge in [-0.15, -0.1) is 0 Å². The monoisotopic (exact) mass is 570 g/mol. The maximum Gasteiger partial charge on any atom is 0.272 e. The summed E-state index contributed by atoms with van der Waals surface area (Å²) in [7, 11) is 0. The first kappa shape index (κ1) is 30.7. The van der Waals surface area contributed by atoms with E-state index in [0.717, 1.165) is 22.8 Å². The number of amides is 2. The lowest BCUT2D eigenvalue weighted by molar-refractivity contribution is -0.132. The molecule has 0 aliphatic heterocycles. The summed E-state index contributed by atoms with van der Waals surface area (Å²) in [6.45, 7) is 3.92. The van der Waals surface area contributed by atoms with Gasteiger partial charge in [-0.1, -0.05) is 56.3 Å². The van der Waals surface area contributed by atoms with Crippen molar-refractivity contribution in [3.63, 3.8) is 0 Å². The number of fused-ring (bicyclic) bond motifs is 1. The molecular formula is C33H38N4O5. The van der Waals surface area contributed by atoms with Gasteiger partial charge >= 0.3 is 0 Å². The number of Topliss-reactive ketones (excluding diaryl/α,β-unsaturated/α-hetero) is 2. The highest BCUT2D eigenvalue weighted by Gasteiger charge is 2.32. The lowest BCUT2D eigenvalue weighted by atomic mass is 9.87. The van der Waals surface area contributed by atoms with Crippen molar-refractivity contribution in [1.82, 2.24) is 20.6 Å². The quantitative estimate of drug-likeness (QED) is 0.279. The second-order valence-corrected chi connectivity index (χ2v) is 11.5. The lowest BCUT2D eigenvalue weighted by Crippen LogP contribution is -2.46. The van der Waals surface area contributed by atoms with Crippen LogP contribution in [0.25, 0.3) is 10.8 Å². The van der Waals surface area contributed by atoms with Crippen molar-refractivity contribution in [2.24, 2.45) is 17.8 Å². The van der Waals surface area contributed by atoms with Crippen molar-refractivity contribution in [1.29, 1.82) is 0 Å². The minimum Gasteiger partial charge on any atom is -0.346 e. The van der Waals surface area contributed by atoms with E-state index in [4.69, 9.17) is 0 Å². The number of nitrogens with one attached hydrogen (secondary N) is 2. The van der Waals surface area contributed by atoms with Gasteiger partial charge < -0.3 is 15.4 Å². The highest BCUT2D eigenvalue weighted by Crippen LogP contribution is 2.26. The Morgan fingerprint density at radius 3 is 2.52 bits per heavy atom. The van der Waals surface area contributed by atoms with Crippen LogP contribution in [0.1, 0.15) is 68.4 Å². The molecular weight excluding hydrogens is 532 g/mol. The van der Waals surface area contributed by atoms with Crippen molar-refractivity contribution in [3.05, 3.63) is 72.3 Å². The molecule has 9 nitrogen and oxygen atoms in total. The fraction of sp³-hybridized carbons (Fsp3) is 0.424. The Kier molecular flexibility index (Phi) is 10.6. The van der Waals surface area contributed by atoms with E-state index in [-0.39, 0.29) is 48.4 Å². The molecule has 42 heavy (non-hydrogen) atoms. The van der Waals surface area contributed by atoms with E-state index in [1.807, 2.05) is 56.3 Å². The summed E-state index contributed by atoms with van der Waals surface area (Å²) in [4.78, 5) is 72.3. The number of ketones is 2. The van der Waals surface area contributed by atoms with E-state index in [1.165, 1.54) is 18.6 Å². The second kappa shape index (κ2) is 14.6. The van der Waals surface area contributed by atoms with E-state index in [2.05, 4.69) is 20.6 Å². The summed E-state index contributed by atoms with van der Waals surface area (Å²) in [6, 6.07) is 11.9. The van der Waals surface area contributed by atoms with Gasteiger partial charge in [0.2, 0.25) is 5.91 Å². The van der Waals surface area contributed by atoms with Crippen LogP contribution in [0.15, 0.2) is 61.1 Å². The van der Waals surface area contributed by atoms with Crippen LogP contribution in [0.2, 0.25) is 0 Å². The molecule has 0 radical (unpaired) electrons. The van der Waals surface area contributed by atoms with Crippen LogP contribution in [0, 0.1) is 17.8 Å². The van der Waals surface area contributed by atoms with Crippen molar-refractivity contribution in [2.75, 3.05) is 0 Å². The standard InChI is InChI=1S/C33H38N4O5/c1-21(2)15-25(32(41)36-26(20-38)16-24-10-6-12-30(24)39)18-31(40)28(37-33(42)29-19-34-13-14-35-29)17-23-9-5-8-22-7-3-4-11-27(22)23/h3-5,7-9,11,13-14,19-21,24-26,28H,6,10,12,15-18H2,1-2H3,(H,36,41)(H,37,42)/t24-,25+,26-,28+/m0/s1. The Morgan fingerprint density at radius 2 is 1.83 bits per heavy atom. The summed E-state index contributed by atoms with van der Waals surface area (Å²) < 4.78 is 0. The van der Waals surface area contributed by atoms with Crippen molar-refractivity contribution >= 4 is 40.4 Å². The van der Waals surface area contributed by atoms with Gasteiger partial charge in [-0.05, 0) is 47.9 Å². The Labute approximate surface area is 245 Å². The fourth-order valence-electron chi connectivity index (χ4n) is 5.71. The van der Waals surface area contributed by atoms with Crippen LogP contribution in [-0.2, 0) is 25.6 Å². The molecule has 4 atom stereocenters. The van der Waals surface area contributed by atoms with Gasteiger partial charge in [-0.25, -0.2) is 4.98 Å². The summed E-state index contributed by atoms with van der Waals surface area (Å²) in [5.41, 5.74) is 0.970. The number of aromatic nitrogens is 2. The van der Waals surface area contributed by atoms with Gasteiger partial charge in [0.15, 0.2) is 5.78 Å². The number of benzene rings is 2. The third kappa shape index (κ3) is 8.15. The zero-order valence-corrected chi connectivity index (χ0v) is 24.1. The summed E-state index contributed by atoms with van der Waals surface area (Å²) >= 11 is 0. The summed E-state index contributed by atoms with van der Waals surface area (Å²) in [5, 5.41) is 7.60. The zero-order valence-electron chi connectivity index (χ0n) is 24.1. The molecule has 0 bridgehead atoms. The maximum absolute atomic E-state index is 13.9. The minimum absolute atomic E-state index is 0.0833. The number of carbonyl (C=O) groups is 5. The number of nitrogens with zero attached hydrogens (tertiary/aromatic N) is 2. The van der Waals surface area contributed by atoms with E-state index < -0.39 is 29.8 Å². The number of rotatable bonds is 14. The molecule has 1 aliphatic carbocycles. The third-order valence-corrected chi connectivity index (χ3v) is 7.83. The minimum atomic E-state index is -0.925. The van der Waals surface area contributed by atoms with Gasteiger partial charge in [-0.2, -0.15) is 0 Å². The highest BCUT2D eigenvalue weighted by molar-refractivity contribution is 5.98. The van der Waals surface area contributed by atoms with E-state index in [9.17, 15) is 24.0 Å². The average molecular weight is 571 g/mol. The number of aldehydes is 1. The van der Waals surface area contributed by atoms with E-state index >= 15 is 0 Å². The van der Waals surface area contributed by atoms with Gasteiger partial charge in [0.1, 0.15) is 17.8 Å². The average Bonchev–Trinajstić information content (AvgIpc) is 3.40. The predicted molar refractivity (Wildman–Crippen MR) is 158 cm³/mol. The van der Waals surface area contributed by atoms with Crippen LogP contribution in [-0.4, -0.2) is 51.7 Å². The van der Waals surface area contributed by atoms with Crippen LogP contribution < -0.4 is 10.6 Å². The smallest absolute Gasteiger partial charge is 0.272 e. The molecule has 4 rings (SSSR count). The molecule has 2 amide bonds. The van der Waals surface area contributed by atoms with Crippen LogP contribution in [0.4, 0.5) is 0 Å². The van der Waals surface area contributed by atoms with Crippen LogP contribution in [0.3, 0.4) is 0 Å². The fourth-order valence-corrected chi connectivity index (χ4v) is 5.71. The molecule has 1 aromatic heterocycles. The highest BCUT2D eigenvalue weighted by atomic mass is 16.2. The van der Waals surface area contributed by atoms with Crippen molar-refractivity contribution in [2.45, 2.75) is 70.9 Å². The second-order valence-electron chi connectivity index (χ2n) is 11.5. The largest absolute Gasteiger partial charge is 0.346 e. The molecule has 9 heteroatoms. The first-order valence-electron chi connectivity index (χ1n) is 14.6. The summed E-state index contributed by atoms with van der Waals surface area (Å²) in [5.74, 6) is -1.94. The van der Waals surface area contributed by atoms with Gasteiger partial charge in [0, 0.05) is 43.5 Å². The molecule has 1 heterocycles. The maximum atomic E-state index is 13.9. The van der Waals surface area contributed by atoms with E-state index in [1.54, 1.807) is 0 Å². The molecule has 1 aliphatic rings. The van der Waals surface area contributed by atoms with Crippen molar-refractivity contribution < 1.29 is 24.0 Å². The Bertz CT molecular complexity index is 1420. The molecule has 0 spiro atoms. The predicted octanol–water partition coefficient (Wildman–Crippen LogP) is 4.04. The molecule has 1 saturated carbocycles. The zero-order chi connectivity index (χ0) is 30.1. The molecule has 1 fully saturated rings. The molecule has 2 N–H and O–H groups in total. The third-order valence-electron chi connectivity index (χ3n) is 7.83. The number of carbonyl (C=O) groups excluding carboxylic acids is 5. The van der Waals surface area contributed by atoms with Crippen molar-refractivity contribution in [3.8, 4) is 0 Å². The molecule has 0 unspecified atom stereocenters. The molecule has 220 valence electrons. The van der Waals surface area contributed by atoms with Gasteiger partial charge in [0.05, 0.1) is 18.3 Å². The molecule has 2 aromatic carbocycles. The van der Waals surface area contributed by atoms with Crippen LogP contribution >= 0.6 is 0 Å².